The van der Waals surface area contributed by atoms with E-state index in [-0.39, 0.29) is 5.78 Å². The highest BCUT2D eigenvalue weighted by Crippen LogP contribution is 2.14. The number of anilines is 1. The number of rotatable bonds is 3. The molecule has 0 saturated carbocycles. The van der Waals surface area contributed by atoms with Crippen molar-refractivity contribution in [3.8, 4) is 0 Å². The van der Waals surface area contributed by atoms with Crippen LogP contribution in [-0.2, 0) is 0 Å². The second kappa shape index (κ2) is 4.08. The summed E-state index contributed by atoms with van der Waals surface area (Å²) < 4.78 is 0. The predicted molar refractivity (Wildman–Crippen MR) is 54.5 cm³/mol. The fourth-order valence-corrected chi connectivity index (χ4v) is 1.15. The molecule has 1 aromatic carbocycles. The summed E-state index contributed by atoms with van der Waals surface area (Å²) in [6, 6.07) is 5.36. The highest BCUT2D eigenvalue weighted by molar-refractivity contribution is 5.96. The van der Waals surface area contributed by atoms with Crippen LogP contribution in [0.3, 0.4) is 0 Å². The molecular formula is C11H14NO. The van der Waals surface area contributed by atoms with Crippen molar-refractivity contribution in [3.63, 3.8) is 0 Å². The van der Waals surface area contributed by atoms with Crippen molar-refractivity contribution < 1.29 is 4.79 Å². The number of carbonyl (C=O) groups excluding carboxylic acids is 1. The van der Waals surface area contributed by atoms with Gasteiger partial charge in [0.25, 0.3) is 0 Å². The number of carbonyl (C=O) groups is 1. The summed E-state index contributed by atoms with van der Waals surface area (Å²) in [6.07, 6.45) is 1.14. The van der Waals surface area contributed by atoms with E-state index in [0.717, 1.165) is 16.8 Å². The van der Waals surface area contributed by atoms with Crippen molar-refractivity contribution in [2.24, 2.45) is 0 Å². The third-order valence-corrected chi connectivity index (χ3v) is 2.00. The Kier molecular flexibility index (Phi) is 3.07. The molecule has 0 spiro atoms. The van der Waals surface area contributed by atoms with E-state index in [0.29, 0.717) is 12.8 Å². The zero-order valence-electron chi connectivity index (χ0n) is 7.84. The first-order valence-corrected chi connectivity index (χ1v) is 4.33. The molecule has 0 bridgehead atoms. The van der Waals surface area contributed by atoms with Crippen LogP contribution in [0.4, 0.5) is 5.69 Å². The van der Waals surface area contributed by atoms with E-state index in [4.69, 9.17) is 5.73 Å². The SMILES string of the molecule is [CH2]CCC(=O)c1ccc(N)c(C)c1. The van der Waals surface area contributed by atoms with Gasteiger partial charge in [-0.2, -0.15) is 0 Å². The lowest BCUT2D eigenvalue weighted by Crippen LogP contribution is -2.00. The molecule has 0 aliphatic rings. The first kappa shape index (κ1) is 9.78. The minimum Gasteiger partial charge on any atom is -0.399 e. The molecule has 0 aliphatic carbocycles. The summed E-state index contributed by atoms with van der Waals surface area (Å²) in [7, 11) is 0. The smallest absolute Gasteiger partial charge is 0.162 e. The standard InChI is InChI=1S/C11H14NO/c1-3-4-11(13)9-5-6-10(12)8(2)7-9/h5-7H,1,3-4,12H2,2H3. The van der Waals surface area contributed by atoms with Crippen molar-refractivity contribution in [3.05, 3.63) is 36.2 Å². The molecule has 0 atom stereocenters. The van der Waals surface area contributed by atoms with E-state index in [9.17, 15) is 4.79 Å². The van der Waals surface area contributed by atoms with Gasteiger partial charge in [-0.25, -0.2) is 0 Å². The van der Waals surface area contributed by atoms with Crippen molar-refractivity contribution in [1.29, 1.82) is 0 Å². The lowest BCUT2D eigenvalue weighted by atomic mass is 10.0. The fraction of sp³-hybridized carbons (Fsp3) is 0.273. The average Bonchev–Trinajstić information content (AvgIpc) is 2.10. The number of hydrogen-bond donors (Lipinski definition) is 1. The molecule has 2 nitrogen and oxygen atoms in total. The van der Waals surface area contributed by atoms with E-state index in [2.05, 4.69) is 6.92 Å². The topological polar surface area (TPSA) is 43.1 Å². The number of Topliss-reactive ketones (excluding diaryl/α,β-unsaturated/α-hetero) is 1. The second-order valence-corrected chi connectivity index (χ2v) is 3.10. The van der Waals surface area contributed by atoms with Crippen LogP contribution in [0.25, 0.3) is 0 Å². The summed E-state index contributed by atoms with van der Waals surface area (Å²) in [4.78, 5) is 11.4. The normalized spacial score (nSPS) is 10.0. The molecule has 0 fully saturated rings. The molecule has 1 radical (unpaired) electrons. The third kappa shape index (κ3) is 2.31. The number of aryl methyl sites for hydroxylation is 1. The average molecular weight is 176 g/mol. The first-order chi connectivity index (χ1) is 6.15. The van der Waals surface area contributed by atoms with E-state index >= 15 is 0 Å². The van der Waals surface area contributed by atoms with Crippen molar-refractivity contribution in [2.75, 3.05) is 5.73 Å². The van der Waals surface area contributed by atoms with Crippen LogP contribution in [-0.4, -0.2) is 5.78 Å². The zero-order valence-corrected chi connectivity index (χ0v) is 7.84. The van der Waals surface area contributed by atoms with Crippen LogP contribution in [0.5, 0.6) is 0 Å². The third-order valence-electron chi connectivity index (χ3n) is 2.00. The Hall–Kier alpha value is -1.31. The van der Waals surface area contributed by atoms with Crippen molar-refractivity contribution >= 4 is 11.5 Å². The summed E-state index contributed by atoms with van der Waals surface area (Å²) >= 11 is 0. The summed E-state index contributed by atoms with van der Waals surface area (Å²) in [5.74, 6) is 0.137. The lowest BCUT2D eigenvalue weighted by Gasteiger charge is -2.03. The van der Waals surface area contributed by atoms with Gasteiger partial charge in [-0.1, -0.05) is 6.92 Å². The first-order valence-electron chi connectivity index (χ1n) is 4.33. The molecule has 69 valence electrons. The molecule has 0 heterocycles. The number of nitrogens with two attached hydrogens (primary N) is 1. The Bertz CT molecular complexity index is 318. The molecule has 0 aliphatic heterocycles. The van der Waals surface area contributed by atoms with E-state index < -0.39 is 0 Å². The van der Waals surface area contributed by atoms with Gasteiger partial charge < -0.3 is 5.73 Å². The number of ketones is 1. The molecule has 2 N–H and O–H groups in total. The Morgan fingerprint density at radius 2 is 2.23 bits per heavy atom. The fourth-order valence-electron chi connectivity index (χ4n) is 1.15. The minimum atomic E-state index is 0.137. The van der Waals surface area contributed by atoms with Crippen LogP contribution in [0.15, 0.2) is 18.2 Å². The van der Waals surface area contributed by atoms with Gasteiger partial charge >= 0.3 is 0 Å². The van der Waals surface area contributed by atoms with E-state index in [1.165, 1.54) is 0 Å². The summed E-state index contributed by atoms with van der Waals surface area (Å²) in [6.45, 7) is 5.54. The van der Waals surface area contributed by atoms with Gasteiger partial charge in [-0.05, 0) is 37.1 Å². The molecular weight excluding hydrogens is 162 g/mol. The Labute approximate surface area is 78.8 Å². The largest absolute Gasteiger partial charge is 0.399 e. The van der Waals surface area contributed by atoms with E-state index in [1.807, 2.05) is 13.0 Å². The van der Waals surface area contributed by atoms with Gasteiger partial charge in [-0.3, -0.25) is 4.79 Å². The number of hydrogen-bond acceptors (Lipinski definition) is 2. The highest BCUT2D eigenvalue weighted by Gasteiger charge is 2.04. The monoisotopic (exact) mass is 176 g/mol. The Balaban J connectivity index is 2.90. The molecule has 0 unspecified atom stereocenters. The molecule has 0 saturated heterocycles. The van der Waals surface area contributed by atoms with Crippen LogP contribution in [0, 0.1) is 13.8 Å². The maximum Gasteiger partial charge on any atom is 0.162 e. The quantitative estimate of drug-likeness (QED) is 0.567. The summed E-state index contributed by atoms with van der Waals surface area (Å²) in [5.41, 5.74) is 8.05. The van der Waals surface area contributed by atoms with Crippen LogP contribution in [0.2, 0.25) is 0 Å². The number of benzene rings is 1. The van der Waals surface area contributed by atoms with Gasteiger partial charge in [0.15, 0.2) is 5.78 Å². The van der Waals surface area contributed by atoms with Gasteiger partial charge in [0.2, 0.25) is 0 Å². The lowest BCUT2D eigenvalue weighted by molar-refractivity contribution is 0.0983. The van der Waals surface area contributed by atoms with Gasteiger partial charge in [0.05, 0.1) is 0 Å². The molecule has 0 amide bonds. The van der Waals surface area contributed by atoms with Crippen molar-refractivity contribution in [1.82, 2.24) is 0 Å². The predicted octanol–water partition coefficient (Wildman–Crippen LogP) is 2.37. The van der Waals surface area contributed by atoms with Crippen molar-refractivity contribution in [2.45, 2.75) is 19.8 Å². The second-order valence-electron chi connectivity index (χ2n) is 3.10. The molecule has 2 heteroatoms. The van der Waals surface area contributed by atoms with E-state index in [1.54, 1.807) is 12.1 Å². The molecule has 1 aromatic rings. The maximum atomic E-state index is 11.4. The van der Waals surface area contributed by atoms with Crippen LogP contribution < -0.4 is 5.73 Å². The van der Waals surface area contributed by atoms with Crippen LogP contribution in [0.1, 0.15) is 28.8 Å². The number of nitrogen functional groups attached to an aromatic ring is 1. The minimum absolute atomic E-state index is 0.137. The summed E-state index contributed by atoms with van der Waals surface area (Å²) in [5, 5.41) is 0. The van der Waals surface area contributed by atoms with Crippen LogP contribution >= 0.6 is 0 Å². The zero-order chi connectivity index (χ0) is 9.84. The molecule has 13 heavy (non-hydrogen) atoms. The highest BCUT2D eigenvalue weighted by atomic mass is 16.1. The Morgan fingerprint density at radius 3 is 2.77 bits per heavy atom. The Morgan fingerprint density at radius 1 is 1.54 bits per heavy atom. The van der Waals surface area contributed by atoms with Gasteiger partial charge in [-0.15, -0.1) is 0 Å². The van der Waals surface area contributed by atoms with Gasteiger partial charge in [0, 0.05) is 17.7 Å². The molecule has 1 rings (SSSR count). The maximum absolute atomic E-state index is 11.4. The van der Waals surface area contributed by atoms with Gasteiger partial charge in [0.1, 0.15) is 0 Å². The molecule has 0 aromatic heterocycles.